The van der Waals surface area contributed by atoms with Gasteiger partial charge in [-0.3, -0.25) is 9.69 Å². The Hall–Kier alpha value is -3.83. The number of rotatable bonds is 7. The molecule has 2 fully saturated rings. The second-order valence-corrected chi connectivity index (χ2v) is 7.65. The van der Waals surface area contributed by atoms with Crippen molar-refractivity contribution >= 4 is 29.3 Å². The molecule has 2 saturated heterocycles. The van der Waals surface area contributed by atoms with Gasteiger partial charge in [0.1, 0.15) is 6.10 Å². The fourth-order valence-electron chi connectivity index (χ4n) is 3.76. The molecule has 0 saturated carbocycles. The van der Waals surface area contributed by atoms with Crippen LogP contribution in [0, 0.1) is 0 Å². The van der Waals surface area contributed by atoms with Crippen LogP contribution in [-0.4, -0.2) is 86.5 Å². The minimum absolute atomic E-state index is 0.150. The largest absolute Gasteiger partial charge is 0.467 e. The first-order chi connectivity index (χ1) is 16.0. The molecule has 4 rings (SSSR count). The average Bonchev–Trinajstić information content (AvgIpc) is 3.23. The van der Waals surface area contributed by atoms with Crippen molar-refractivity contribution in [3.63, 3.8) is 0 Å². The number of hydrogen-bond donors (Lipinski definition) is 1. The fourth-order valence-corrected chi connectivity index (χ4v) is 3.76. The Labute approximate surface area is 191 Å². The maximum Gasteiger partial charge on any atom is 0.414 e. The number of aromatic nitrogens is 3. The van der Waals surface area contributed by atoms with E-state index in [1.807, 2.05) is 24.3 Å². The molecule has 176 valence electrons. The van der Waals surface area contributed by atoms with Crippen LogP contribution in [0.2, 0.25) is 0 Å². The summed E-state index contributed by atoms with van der Waals surface area (Å²) in [6.07, 6.45) is -0.767. The normalized spacial score (nSPS) is 18.2. The fraction of sp³-hybridized carbons (Fsp3) is 0.476. The van der Waals surface area contributed by atoms with Crippen molar-refractivity contribution < 1.29 is 23.8 Å². The van der Waals surface area contributed by atoms with Crippen LogP contribution in [0.5, 0.6) is 12.0 Å². The number of nitrogens with zero attached hydrogens (tertiary/aromatic N) is 6. The van der Waals surface area contributed by atoms with Gasteiger partial charge in [0.2, 0.25) is 11.9 Å². The highest BCUT2D eigenvalue weighted by molar-refractivity contribution is 5.90. The Morgan fingerprint density at radius 3 is 2.15 bits per heavy atom. The lowest BCUT2D eigenvalue weighted by Gasteiger charge is -2.36. The first kappa shape index (κ1) is 22.4. The third kappa shape index (κ3) is 5.16. The molecule has 3 heterocycles. The number of piperazine rings is 1. The molecule has 0 spiro atoms. The summed E-state index contributed by atoms with van der Waals surface area (Å²) in [6.45, 7) is 5.14. The van der Waals surface area contributed by atoms with Gasteiger partial charge in [0.05, 0.1) is 27.3 Å². The Morgan fingerprint density at radius 2 is 1.58 bits per heavy atom. The van der Waals surface area contributed by atoms with E-state index in [0.29, 0.717) is 19.0 Å². The molecule has 0 aliphatic carbocycles. The van der Waals surface area contributed by atoms with Crippen molar-refractivity contribution in [2.75, 3.05) is 68.2 Å². The van der Waals surface area contributed by atoms with Gasteiger partial charge in [-0.2, -0.15) is 9.97 Å². The lowest BCUT2D eigenvalue weighted by molar-refractivity contribution is -0.119. The molecule has 2 aliphatic heterocycles. The number of carbonyl (C=O) groups excluding carboxylic acids is 2. The van der Waals surface area contributed by atoms with E-state index in [4.69, 9.17) is 14.2 Å². The number of anilines is 3. The molecule has 2 aromatic rings. The van der Waals surface area contributed by atoms with Crippen LogP contribution < -0.4 is 29.5 Å². The van der Waals surface area contributed by atoms with Crippen LogP contribution in [0.3, 0.4) is 0 Å². The molecule has 1 aromatic heterocycles. The maximum absolute atomic E-state index is 12.2. The Bertz CT molecular complexity index is 973. The molecular weight excluding hydrogens is 430 g/mol. The molecular formula is C21H27N7O5. The summed E-state index contributed by atoms with van der Waals surface area (Å²) in [5.41, 5.74) is 1.82. The summed E-state index contributed by atoms with van der Waals surface area (Å²) >= 11 is 0. The number of hydrogen-bond acceptors (Lipinski definition) is 10. The number of carbonyl (C=O) groups is 2. The van der Waals surface area contributed by atoms with Crippen LogP contribution in [0.1, 0.15) is 6.92 Å². The number of benzene rings is 1. The summed E-state index contributed by atoms with van der Waals surface area (Å²) in [7, 11) is 3.01. The summed E-state index contributed by atoms with van der Waals surface area (Å²) in [6, 6.07) is 8.24. The van der Waals surface area contributed by atoms with Crippen LogP contribution in [0.4, 0.5) is 22.1 Å². The smallest absolute Gasteiger partial charge is 0.414 e. The Balaban J connectivity index is 1.35. The number of ether oxygens (including phenoxy) is 3. The van der Waals surface area contributed by atoms with E-state index in [1.54, 1.807) is 4.90 Å². The lowest BCUT2D eigenvalue weighted by atomic mass is 10.2. The molecule has 1 atom stereocenters. The van der Waals surface area contributed by atoms with Crippen molar-refractivity contribution in [2.24, 2.45) is 0 Å². The standard InChI is InChI=1S/C21H27N7O5/c1-14(29)22-12-17-13-28(21(30)33-17)16-6-4-15(5-7-16)26-8-10-27(11-9-26)18-23-19(31-2)25-20(24-18)32-3/h4-7,17H,8-13H2,1-3H3,(H,22,29). The quantitative estimate of drug-likeness (QED) is 0.635. The first-order valence-electron chi connectivity index (χ1n) is 10.6. The van der Waals surface area contributed by atoms with Gasteiger partial charge in [-0.15, -0.1) is 4.98 Å². The zero-order valence-corrected chi connectivity index (χ0v) is 18.9. The number of methoxy groups -OCH3 is 2. The highest BCUT2D eigenvalue weighted by Gasteiger charge is 2.32. The van der Waals surface area contributed by atoms with Gasteiger partial charge in [-0.25, -0.2) is 4.79 Å². The molecule has 12 heteroatoms. The van der Waals surface area contributed by atoms with Crippen LogP contribution in [0.25, 0.3) is 0 Å². The summed E-state index contributed by atoms with van der Waals surface area (Å²) < 4.78 is 15.6. The summed E-state index contributed by atoms with van der Waals surface area (Å²) in [4.78, 5) is 41.9. The van der Waals surface area contributed by atoms with Crippen molar-refractivity contribution in [1.29, 1.82) is 0 Å². The van der Waals surface area contributed by atoms with E-state index in [2.05, 4.69) is 30.1 Å². The average molecular weight is 457 g/mol. The van der Waals surface area contributed by atoms with E-state index >= 15 is 0 Å². The van der Waals surface area contributed by atoms with E-state index in [-0.39, 0.29) is 24.0 Å². The summed E-state index contributed by atoms with van der Waals surface area (Å²) in [5.74, 6) is 0.373. The van der Waals surface area contributed by atoms with E-state index in [0.717, 1.165) is 37.6 Å². The van der Waals surface area contributed by atoms with Gasteiger partial charge >= 0.3 is 18.1 Å². The molecule has 33 heavy (non-hydrogen) atoms. The van der Waals surface area contributed by atoms with Crippen LogP contribution in [0.15, 0.2) is 24.3 Å². The highest BCUT2D eigenvalue weighted by Crippen LogP contribution is 2.26. The molecule has 2 amide bonds. The molecule has 0 radical (unpaired) electrons. The minimum Gasteiger partial charge on any atom is -0.467 e. The third-order valence-corrected chi connectivity index (χ3v) is 5.49. The highest BCUT2D eigenvalue weighted by atomic mass is 16.6. The molecule has 1 N–H and O–H groups in total. The van der Waals surface area contributed by atoms with E-state index < -0.39 is 6.09 Å². The number of nitrogens with one attached hydrogen (secondary N) is 1. The second kappa shape index (κ2) is 9.76. The first-order valence-corrected chi connectivity index (χ1v) is 10.6. The van der Waals surface area contributed by atoms with Crippen molar-refractivity contribution in [3.8, 4) is 12.0 Å². The van der Waals surface area contributed by atoms with Crippen molar-refractivity contribution in [2.45, 2.75) is 13.0 Å². The Morgan fingerprint density at radius 1 is 1.00 bits per heavy atom. The minimum atomic E-state index is -0.407. The molecule has 0 bridgehead atoms. The maximum atomic E-state index is 12.2. The van der Waals surface area contributed by atoms with Gasteiger partial charge in [0.15, 0.2) is 0 Å². The van der Waals surface area contributed by atoms with E-state index in [1.165, 1.54) is 21.1 Å². The van der Waals surface area contributed by atoms with Crippen molar-refractivity contribution in [1.82, 2.24) is 20.3 Å². The molecule has 1 aromatic carbocycles. The molecule has 1 unspecified atom stereocenters. The molecule has 2 aliphatic rings. The summed E-state index contributed by atoms with van der Waals surface area (Å²) in [5, 5.41) is 2.68. The Kier molecular flexibility index (Phi) is 6.61. The van der Waals surface area contributed by atoms with Gasteiger partial charge in [0, 0.05) is 44.5 Å². The number of amides is 2. The van der Waals surface area contributed by atoms with Gasteiger partial charge in [-0.05, 0) is 24.3 Å². The van der Waals surface area contributed by atoms with Gasteiger partial charge in [-0.1, -0.05) is 0 Å². The number of cyclic esters (lactones) is 1. The third-order valence-electron chi connectivity index (χ3n) is 5.49. The lowest BCUT2D eigenvalue weighted by Crippen LogP contribution is -2.47. The van der Waals surface area contributed by atoms with Gasteiger partial charge in [0.25, 0.3) is 0 Å². The SMILES string of the molecule is COc1nc(OC)nc(N2CCN(c3ccc(N4CC(CNC(C)=O)OC4=O)cc3)CC2)n1. The predicted octanol–water partition coefficient (Wildman–Crippen LogP) is 0.677. The predicted molar refractivity (Wildman–Crippen MR) is 120 cm³/mol. The van der Waals surface area contributed by atoms with E-state index in [9.17, 15) is 9.59 Å². The van der Waals surface area contributed by atoms with Crippen LogP contribution in [-0.2, 0) is 9.53 Å². The zero-order valence-electron chi connectivity index (χ0n) is 18.9. The monoisotopic (exact) mass is 457 g/mol. The molecule has 12 nitrogen and oxygen atoms in total. The topological polar surface area (TPSA) is 122 Å². The van der Waals surface area contributed by atoms with Gasteiger partial charge < -0.3 is 29.3 Å². The van der Waals surface area contributed by atoms with Crippen molar-refractivity contribution in [3.05, 3.63) is 24.3 Å². The second-order valence-electron chi connectivity index (χ2n) is 7.65. The van der Waals surface area contributed by atoms with Crippen LogP contribution >= 0.6 is 0 Å². The zero-order chi connectivity index (χ0) is 23.4.